The Kier molecular flexibility index (Phi) is 6.19. The van der Waals surface area contributed by atoms with Crippen LogP contribution in [0, 0.1) is 0 Å². The van der Waals surface area contributed by atoms with Gasteiger partial charge in [0.25, 0.3) is 5.91 Å². The highest BCUT2D eigenvalue weighted by Gasteiger charge is 2.24. The minimum atomic E-state index is -0.138. The van der Waals surface area contributed by atoms with Crippen molar-refractivity contribution >= 4 is 29.0 Å². The first kappa shape index (κ1) is 17.3. The normalized spacial score (nSPS) is 16.7. The van der Waals surface area contributed by atoms with Crippen LogP contribution >= 0.6 is 23.1 Å². The molecule has 1 atom stereocenters. The first-order valence-corrected chi connectivity index (χ1v) is 9.89. The van der Waals surface area contributed by atoms with E-state index < -0.39 is 0 Å². The highest BCUT2D eigenvalue weighted by molar-refractivity contribution is 8.00. The standard InChI is InChI=1S/C16H20N4O2S2/c1-23-16-19-13(11-24-16)15(21)18-10-14(12-4-2-3-5-17-12)20-6-8-22-9-7-20/h2-5,11,14H,6-10H2,1H3,(H,18,21)/t14-/m1/s1. The van der Waals surface area contributed by atoms with Crippen LogP contribution in [0.15, 0.2) is 34.1 Å². The predicted molar refractivity (Wildman–Crippen MR) is 95.6 cm³/mol. The van der Waals surface area contributed by atoms with Crippen molar-refractivity contribution in [2.45, 2.75) is 10.4 Å². The largest absolute Gasteiger partial charge is 0.379 e. The van der Waals surface area contributed by atoms with Crippen molar-refractivity contribution in [2.24, 2.45) is 0 Å². The molecule has 0 radical (unpaired) electrons. The molecule has 2 aromatic heterocycles. The van der Waals surface area contributed by atoms with Gasteiger partial charge in [0, 0.05) is 31.2 Å². The van der Waals surface area contributed by atoms with Crippen LogP contribution in [-0.4, -0.2) is 59.9 Å². The highest BCUT2D eigenvalue weighted by atomic mass is 32.2. The third-order valence-corrected chi connectivity index (χ3v) is 5.73. The molecule has 0 aromatic carbocycles. The van der Waals surface area contributed by atoms with Gasteiger partial charge in [-0.15, -0.1) is 11.3 Å². The molecule has 1 amide bonds. The van der Waals surface area contributed by atoms with Crippen molar-refractivity contribution in [1.29, 1.82) is 0 Å². The Bertz CT molecular complexity index is 659. The van der Waals surface area contributed by atoms with Crippen LogP contribution in [0.5, 0.6) is 0 Å². The van der Waals surface area contributed by atoms with Crippen LogP contribution in [0.1, 0.15) is 22.2 Å². The van der Waals surface area contributed by atoms with Gasteiger partial charge in [0.2, 0.25) is 0 Å². The molecule has 128 valence electrons. The van der Waals surface area contributed by atoms with Gasteiger partial charge in [-0.3, -0.25) is 14.7 Å². The summed E-state index contributed by atoms with van der Waals surface area (Å²) in [5.41, 5.74) is 1.44. The third kappa shape index (κ3) is 4.32. The Hall–Kier alpha value is -1.48. The summed E-state index contributed by atoms with van der Waals surface area (Å²) >= 11 is 3.03. The van der Waals surface area contributed by atoms with E-state index >= 15 is 0 Å². The van der Waals surface area contributed by atoms with E-state index in [2.05, 4.69) is 20.2 Å². The van der Waals surface area contributed by atoms with Gasteiger partial charge in [-0.1, -0.05) is 17.8 Å². The quantitative estimate of drug-likeness (QED) is 0.792. The predicted octanol–water partition coefficient (Wildman–Crippen LogP) is 2.06. The van der Waals surface area contributed by atoms with E-state index in [1.165, 1.54) is 11.3 Å². The average molecular weight is 364 g/mol. The lowest BCUT2D eigenvalue weighted by Gasteiger charge is -2.34. The molecule has 8 heteroatoms. The maximum Gasteiger partial charge on any atom is 0.270 e. The van der Waals surface area contributed by atoms with Crippen LogP contribution in [0.4, 0.5) is 0 Å². The SMILES string of the molecule is CSc1nc(C(=O)NC[C@H](c2ccccn2)N2CCOCC2)cs1. The molecule has 1 saturated heterocycles. The zero-order chi connectivity index (χ0) is 16.8. The molecule has 1 N–H and O–H groups in total. The monoisotopic (exact) mass is 364 g/mol. The highest BCUT2D eigenvalue weighted by Crippen LogP contribution is 2.21. The number of aromatic nitrogens is 2. The van der Waals surface area contributed by atoms with Gasteiger partial charge >= 0.3 is 0 Å². The summed E-state index contributed by atoms with van der Waals surface area (Å²) in [5, 5.41) is 4.80. The molecule has 0 unspecified atom stereocenters. The molecule has 2 aromatic rings. The second-order valence-electron chi connectivity index (χ2n) is 5.33. The Morgan fingerprint density at radius 3 is 2.96 bits per heavy atom. The summed E-state index contributed by atoms with van der Waals surface area (Å²) in [7, 11) is 0. The minimum absolute atomic E-state index is 0.0395. The summed E-state index contributed by atoms with van der Waals surface area (Å²) in [5.74, 6) is -0.138. The lowest BCUT2D eigenvalue weighted by Crippen LogP contribution is -2.44. The van der Waals surface area contributed by atoms with E-state index in [0.717, 1.165) is 23.1 Å². The number of hydrogen-bond donors (Lipinski definition) is 1. The van der Waals surface area contributed by atoms with E-state index in [0.29, 0.717) is 25.5 Å². The average Bonchev–Trinajstić information content (AvgIpc) is 3.13. The van der Waals surface area contributed by atoms with Crippen LogP contribution in [0.3, 0.4) is 0 Å². The number of hydrogen-bond acceptors (Lipinski definition) is 7. The minimum Gasteiger partial charge on any atom is -0.379 e. The van der Waals surface area contributed by atoms with Gasteiger partial charge in [-0.25, -0.2) is 4.98 Å². The van der Waals surface area contributed by atoms with Crippen molar-refractivity contribution in [3.05, 3.63) is 41.2 Å². The number of amides is 1. The number of nitrogens with zero attached hydrogens (tertiary/aromatic N) is 3. The number of rotatable bonds is 6. The molecule has 0 spiro atoms. The Labute approximate surface area is 149 Å². The van der Waals surface area contributed by atoms with Gasteiger partial charge in [-0.05, 0) is 18.4 Å². The van der Waals surface area contributed by atoms with E-state index in [9.17, 15) is 4.79 Å². The Balaban J connectivity index is 1.68. The topological polar surface area (TPSA) is 67.4 Å². The number of morpholine rings is 1. The first-order chi connectivity index (χ1) is 11.8. The second-order valence-corrected chi connectivity index (χ2v) is 7.24. The number of thiazole rings is 1. The number of thioether (sulfide) groups is 1. The molecule has 3 rings (SSSR count). The molecule has 1 aliphatic rings. The number of carbonyl (C=O) groups excluding carboxylic acids is 1. The molecule has 0 saturated carbocycles. The summed E-state index contributed by atoms with van der Waals surface area (Å²) in [4.78, 5) is 23.4. The maximum absolute atomic E-state index is 12.4. The number of pyridine rings is 1. The molecule has 6 nitrogen and oxygen atoms in total. The number of nitrogens with one attached hydrogen (secondary N) is 1. The molecule has 0 bridgehead atoms. The zero-order valence-corrected chi connectivity index (χ0v) is 15.1. The second kappa shape index (κ2) is 8.57. The number of ether oxygens (including phenoxy) is 1. The van der Waals surface area contributed by atoms with Crippen molar-refractivity contribution in [1.82, 2.24) is 20.2 Å². The fourth-order valence-electron chi connectivity index (χ4n) is 2.62. The summed E-state index contributed by atoms with van der Waals surface area (Å²) in [6, 6.07) is 5.92. The molecule has 1 fully saturated rings. The summed E-state index contributed by atoms with van der Waals surface area (Å²) in [6.45, 7) is 3.59. The van der Waals surface area contributed by atoms with Crippen molar-refractivity contribution in [2.75, 3.05) is 39.1 Å². The van der Waals surface area contributed by atoms with Gasteiger partial charge < -0.3 is 10.1 Å². The van der Waals surface area contributed by atoms with Crippen LogP contribution in [-0.2, 0) is 4.74 Å². The van der Waals surface area contributed by atoms with Crippen molar-refractivity contribution < 1.29 is 9.53 Å². The molecule has 3 heterocycles. The van der Waals surface area contributed by atoms with E-state index in [4.69, 9.17) is 4.74 Å². The first-order valence-electron chi connectivity index (χ1n) is 7.78. The summed E-state index contributed by atoms with van der Waals surface area (Å²) in [6.07, 6.45) is 3.74. The smallest absolute Gasteiger partial charge is 0.270 e. The summed E-state index contributed by atoms with van der Waals surface area (Å²) < 4.78 is 6.33. The molecule has 0 aliphatic carbocycles. The van der Waals surface area contributed by atoms with Crippen molar-refractivity contribution in [3.63, 3.8) is 0 Å². The lowest BCUT2D eigenvalue weighted by molar-refractivity contribution is 0.0153. The molecular weight excluding hydrogens is 344 g/mol. The maximum atomic E-state index is 12.4. The van der Waals surface area contributed by atoms with E-state index in [-0.39, 0.29) is 11.9 Å². The number of carbonyl (C=O) groups is 1. The fourth-order valence-corrected chi connectivity index (χ4v) is 3.86. The van der Waals surface area contributed by atoms with Crippen LogP contribution in [0.2, 0.25) is 0 Å². The third-order valence-electron chi connectivity index (χ3n) is 3.86. The van der Waals surface area contributed by atoms with Crippen molar-refractivity contribution in [3.8, 4) is 0 Å². The molecular formula is C16H20N4O2S2. The van der Waals surface area contributed by atoms with E-state index in [1.807, 2.05) is 24.5 Å². The van der Waals surface area contributed by atoms with Gasteiger partial charge in [0.05, 0.1) is 24.9 Å². The lowest BCUT2D eigenvalue weighted by atomic mass is 10.1. The van der Waals surface area contributed by atoms with Crippen LogP contribution < -0.4 is 5.32 Å². The van der Waals surface area contributed by atoms with Gasteiger partial charge in [0.1, 0.15) is 10.0 Å². The van der Waals surface area contributed by atoms with Crippen LogP contribution in [0.25, 0.3) is 0 Å². The Morgan fingerprint density at radius 1 is 1.46 bits per heavy atom. The zero-order valence-electron chi connectivity index (χ0n) is 13.5. The Morgan fingerprint density at radius 2 is 2.29 bits per heavy atom. The molecule has 24 heavy (non-hydrogen) atoms. The van der Waals surface area contributed by atoms with Gasteiger partial charge in [0.15, 0.2) is 0 Å². The van der Waals surface area contributed by atoms with E-state index in [1.54, 1.807) is 23.3 Å². The fraction of sp³-hybridized carbons (Fsp3) is 0.438. The van der Waals surface area contributed by atoms with Gasteiger partial charge in [-0.2, -0.15) is 0 Å². The molecule has 1 aliphatic heterocycles.